The van der Waals surface area contributed by atoms with Gasteiger partial charge in [0.1, 0.15) is 5.82 Å². The van der Waals surface area contributed by atoms with Crippen molar-refractivity contribution in [1.29, 1.82) is 0 Å². The number of piperidine rings is 1. The van der Waals surface area contributed by atoms with Crippen LogP contribution < -0.4 is 5.32 Å². The zero-order valence-electron chi connectivity index (χ0n) is 12.6. The summed E-state index contributed by atoms with van der Waals surface area (Å²) in [6.45, 7) is 2.55. The summed E-state index contributed by atoms with van der Waals surface area (Å²) < 4.78 is 13.1. The Morgan fingerprint density at radius 3 is 2.87 bits per heavy atom. The molecule has 0 bridgehead atoms. The molecule has 122 valence electrons. The molecule has 3 rings (SSSR count). The molecule has 0 atom stereocenters. The SMILES string of the molecule is O=C(Nc1ccc(F)c(Cl)c1)C1CCN(Cc2cnc[nH]2)CC1. The monoisotopic (exact) mass is 336 g/mol. The molecule has 0 radical (unpaired) electrons. The molecular weight excluding hydrogens is 319 g/mol. The van der Waals surface area contributed by atoms with E-state index in [4.69, 9.17) is 11.6 Å². The van der Waals surface area contributed by atoms with Crippen molar-refractivity contribution in [3.8, 4) is 0 Å². The second-order valence-electron chi connectivity index (χ2n) is 5.75. The molecule has 1 aromatic heterocycles. The average Bonchev–Trinajstić information content (AvgIpc) is 3.04. The van der Waals surface area contributed by atoms with Gasteiger partial charge in [-0.05, 0) is 44.1 Å². The third-order valence-electron chi connectivity index (χ3n) is 4.09. The van der Waals surface area contributed by atoms with Gasteiger partial charge in [-0.25, -0.2) is 9.37 Å². The molecule has 2 aromatic rings. The van der Waals surface area contributed by atoms with Crippen molar-refractivity contribution in [1.82, 2.24) is 14.9 Å². The lowest BCUT2D eigenvalue weighted by Gasteiger charge is -2.30. The molecule has 0 saturated carbocycles. The van der Waals surface area contributed by atoms with Crippen LogP contribution in [0.3, 0.4) is 0 Å². The first-order valence-corrected chi connectivity index (χ1v) is 7.95. The number of carbonyl (C=O) groups excluding carboxylic acids is 1. The molecule has 1 aliphatic heterocycles. The van der Waals surface area contributed by atoms with Gasteiger partial charge in [-0.3, -0.25) is 9.69 Å². The quantitative estimate of drug-likeness (QED) is 0.902. The van der Waals surface area contributed by atoms with Crippen molar-refractivity contribution < 1.29 is 9.18 Å². The number of aromatic nitrogens is 2. The van der Waals surface area contributed by atoms with Crippen LogP contribution in [0.25, 0.3) is 0 Å². The summed E-state index contributed by atoms with van der Waals surface area (Å²) >= 11 is 5.73. The molecule has 23 heavy (non-hydrogen) atoms. The van der Waals surface area contributed by atoms with Crippen molar-refractivity contribution in [3.05, 3.63) is 47.3 Å². The Kier molecular flexibility index (Phi) is 4.93. The third kappa shape index (κ3) is 4.09. The highest BCUT2D eigenvalue weighted by atomic mass is 35.5. The van der Waals surface area contributed by atoms with E-state index in [-0.39, 0.29) is 16.8 Å². The number of anilines is 1. The van der Waals surface area contributed by atoms with Gasteiger partial charge in [0, 0.05) is 30.0 Å². The highest BCUT2D eigenvalue weighted by Crippen LogP contribution is 2.23. The fourth-order valence-corrected chi connectivity index (χ4v) is 2.96. The number of amides is 1. The topological polar surface area (TPSA) is 61.0 Å². The number of nitrogens with zero attached hydrogens (tertiary/aromatic N) is 2. The number of nitrogens with one attached hydrogen (secondary N) is 2. The molecule has 2 N–H and O–H groups in total. The summed E-state index contributed by atoms with van der Waals surface area (Å²) in [6, 6.07) is 4.21. The van der Waals surface area contributed by atoms with Gasteiger partial charge >= 0.3 is 0 Å². The molecule has 7 heteroatoms. The fourth-order valence-electron chi connectivity index (χ4n) is 2.78. The third-order valence-corrected chi connectivity index (χ3v) is 4.38. The minimum absolute atomic E-state index is 0.0113. The number of aromatic amines is 1. The highest BCUT2D eigenvalue weighted by Gasteiger charge is 2.25. The van der Waals surface area contributed by atoms with Gasteiger partial charge in [0.05, 0.1) is 11.3 Å². The number of likely N-dealkylation sites (tertiary alicyclic amines) is 1. The van der Waals surface area contributed by atoms with E-state index in [1.54, 1.807) is 6.33 Å². The van der Waals surface area contributed by atoms with Crippen LogP contribution in [0.5, 0.6) is 0 Å². The Labute approximate surface area is 138 Å². The number of rotatable bonds is 4. The van der Waals surface area contributed by atoms with Crippen LogP contribution in [0, 0.1) is 11.7 Å². The summed E-state index contributed by atoms with van der Waals surface area (Å²) in [5.41, 5.74) is 1.61. The van der Waals surface area contributed by atoms with E-state index in [0.29, 0.717) is 5.69 Å². The summed E-state index contributed by atoms with van der Waals surface area (Å²) in [5.74, 6) is -0.553. The molecule has 1 fully saturated rings. The lowest BCUT2D eigenvalue weighted by Crippen LogP contribution is -2.37. The maximum atomic E-state index is 13.1. The molecule has 1 amide bonds. The van der Waals surface area contributed by atoms with Crippen molar-refractivity contribution in [2.24, 2.45) is 5.92 Å². The van der Waals surface area contributed by atoms with E-state index in [1.807, 2.05) is 6.20 Å². The molecule has 0 aliphatic carbocycles. The zero-order chi connectivity index (χ0) is 16.2. The van der Waals surface area contributed by atoms with Gasteiger partial charge in [-0.2, -0.15) is 0 Å². The lowest BCUT2D eigenvalue weighted by atomic mass is 9.95. The van der Waals surface area contributed by atoms with E-state index in [1.165, 1.54) is 18.2 Å². The smallest absolute Gasteiger partial charge is 0.227 e. The minimum Gasteiger partial charge on any atom is -0.347 e. The van der Waals surface area contributed by atoms with Gasteiger partial charge in [-0.15, -0.1) is 0 Å². The van der Waals surface area contributed by atoms with Crippen LogP contribution >= 0.6 is 11.6 Å². The highest BCUT2D eigenvalue weighted by molar-refractivity contribution is 6.31. The van der Waals surface area contributed by atoms with E-state index >= 15 is 0 Å². The molecule has 0 unspecified atom stereocenters. The van der Waals surface area contributed by atoms with Gasteiger partial charge in [0.15, 0.2) is 0 Å². The molecular formula is C16H18ClFN4O. The van der Waals surface area contributed by atoms with Gasteiger partial charge in [0.25, 0.3) is 0 Å². The summed E-state index contributed by atoms with van der Waals surface area (Å²) in [6.07, 6.45) is 5.09. The maximum Gasteiger partial charge on any atom is 0.227 e. The Hall–Kier alpha value is -1.92. The van der Waals surface area contributed by atoms with Crippen molar-refractivity contribution in [2.75, 3.05) is 18.4 Å². The lowest BCUT2D eigenvalue weighted by molar-refractivity contribution is -0.121. The number of hydrogen-bond acceptors (Lipinski definition) is 3. The van der Waals surface area contributed by atoms with E-state index in [9.17, 15) is 9.18 Å². The van der Waals surface area contributed by atoms with Crippen LogP contribution in [0.15, 0.2) is 30.7 Å². The van der Waals surface area contributed by atoms with Crippen molar-refractivity contribution >= 4 is 23.2 Å². The Bertz CT molecular complexity index is 669. The summed E-state index contributed by atoms with van der Waals surface area (Å²) in [5, 5.41) is 2.83. The minimum atomic E-state index is -0.489. The molecule has 1 aliphatic rings. The predicted octanol–water partition coefficient (Wildman–Crippen LogP) is 3.05. The average molecular weight is 337 g/mol. The zero-order valence-corrected chi connectivity index (χ0v) is 13.3. The van der Waals surface area contributed by atoms with Gasteiger partial charge < -0.3 is 10.3 Å². The largest absolute Gasteiger partial charge is 0.347 e. The van der Waals surface area contributed by atoms with Crippen LogP contribution in [-0.4, -0.2) is 33.9 Å². The number of halogens is 2. The summed E-state index contributed by atoms with van der Waals surface area (Å²) in [4.78, 5) is 21.7. The van der Waals surface area contributed by atoms with Crippen LogP contribution in [0.4, 0.5) is 10.1 Å². The molecule has 1 saturated heterocycles. The Morgan fingerprint density at radius 1 is 1.43 bits per heavy atom. The number of imidazole rings is 1. The maximum absolute atomic E-state index is 13.1. The molecule has 2 heterocycles. The van der Waals surface area contributed by atoms with Crippen LogP contribution in [-0.2, 0) is 11.3 Å². The van der Waals surface area contributed by atoms with Crippen molar-refractivity contribution in [3.63, 3.8) is 0 Å². The first-order valence-electron chi connectivity index (χ1n) is 7.57. The molecule has 0 spiro atoms. The number of H-pyrrole nitrogens is 1. The van der Waals surface area contributed by atoms with Gasteiger partial charge in [-0.1, -0.05) is 11.6 Å². The van der Waals surface area contributed by atoms with Crippen molar-refractivity contribution in [2.45, 2.75) is 19.4 Å². The second-order valence-corrected chi connectivity index (χ2v) is 6.15. The number of benzene rings is 1. The Balaban J connectivity index is 1.50. The van der Waals surface area contributed by atoms with E-state index in [2.05, 4.69) is 20.2 Å². The van der Waals surface area contributed by atoms with Crippen LogP contribution in [0.2, 0.25) is 5.02 Å². The van der Waals surface area contributed by atoms with E-state index in [0.717, 1.165) is 38.2 Å². The fraction of sp³-hybridized carbons (Fsp3) is 0.375. The molecule has 1 aromatic carbocycles. The standard InChI is InChI=1S/C16H18ClFN4O/c17-14-7-12(1-2-15(14)18)21-16(23)11-3-5-22(6-4-11)9-13-8-19-10-20-13/h1-2,7-8,10-11H,3-6,9H2,(H,19,20)(H,21,23). The number of hydrogen-bond donors (Lipinski definition) is 2. The summed E-state index contributed by atoms with van der Waals surface area (Å²) in [7, 11) is 0. The van der Waals surface area contributed by atoms with E-state index < -0.39 is 5.82 Å². The predicted molar refractivity (Wildman–Crippen MR) is 86.6 cm³/mol. The Morgan fingerprint density at radius 2 is 2.22 bits per heavy atom. The second kappa shape index (κ2) is 7.10. The first kappa shape index (κ1) is 16.0. The molecule has 5 nitrogen and oxygen atoms in total. The first-order chi connectivity index (χ1) is 11.1. The number of carbonyl (C=O) groups is 1. The van der Waals surface area contributed by atoms with Crippen LogP contribution in [0.1, 0.15) is 18.5 Å². The normalized spacial score (nSPS) is 16.4. The van der Waals surface area contributed by atoms with Gasteiger partial charge in [0.2, 0.25) is 5.91 Å².